The molecule has 1 aliphatic rings. The van der Waals surface area contributed by atoms with Crippen molar-refractivity contribution in [3.05, 3.63) is 41.2 Å². The molecular formula is C14H15F2N3S. The van der Waals surface area contributed by atoms with E-state index in [1.54, 1.807) is 0 Å². The van der Waals surface area contributed by atoms with Crippen LogP contribution in [0.15, 0.2) is 18.2 Å². The van der Waals surface area contributed by atoms with Gasteiger partial charge in [0.2, 0.25) is 5.13 Å². The van der Waals surface area contributed by atoms with E-state index >= 15 is 0 Å². The van der Waals surface area contributed by atoms with Crippen molar-refractivity contribution in [1.82, 2.24) is 9.36 Å². The lowest BCUT2D eigenvalue weighted by molar-refractivity contribution is 0.554. The second kappa shape index (κ2) is 5.44. The van der Waals surface area contributed by atoms with Crippen molar-refractivity contribution in [1.29, 1.82) is 0 Å². The highest BCUT2D eigenvalue weighted by Crippen LogP contribution is 2.43. The Bertz CT molecular complexity index is 610. The molecule has 0 aliphatic heterocycles. The van der Waals surface area contributed by atoms with E-state index in [2.05, 4.69) is 14.7 Å². The summed E-state index contributed by atoms with van der Waals surface area (Å²) in [7, 11) is 0. The minimum absolute atomic E-state index is 0.233. The van der Waals surface area contributed by atoms with Gasteiger partial charge in [0.15, 0.2) is 0 Å². The van der Waals surface area contributed by atoms with Gasteiger partial charge in [-0.15, -0.1) is 0 Å². The van der Waals surface area contributed by atoms with Crippen LogP contribution in [0, 0.1) is 17.6 Å². The first-order valence-electron chi connectivity index (χ1n) is 6.71. The molecule has 106 valence electrons. The van der Waals surface area contributed by atoms with Crippen LogP contribution in [0.4, 0.5) is 13.9 Å². The number of benzene rings is 1. The molecule has 1 fully saturated rings. The third-order valence-corrected chi connectivity index (χ3v) is 4.13. The maximum absolute atomic E-state index is 13.9. The topological polar surface area (TPSA) is 37.8 Å². The Hall–Kier alpha value is -1.56. The molecule has 3 rings (SSSR count). The molecule has 1 atom stereocenters. The number of aromatic nitrogens is 2. The summed E-state index contributed by atoms with van der Waals surface area (Å²) in [5.74, 6) is 0.309. The lowest BCUT2D eigenvalue weighted by Crippen LogP contribution is -2.15. The Morgan fingerprint density at radius 2 is 2.20 bits per heavy atom. The molecule has 6 heteroatoms. The first-order chi connectivity index (χ1) is 9.67. The molecule has 1 heterocycles. The van der Waals surface area contributed by atoms with Gasteiger partial charge in [0.1, 0.15) is 17.5 Å². The molecule has 2 aromatic rings. The summed E-state index contributed by atoms with van der Waals surface area (Å²) in [5.41, 5.74) is 0.376. The van der Waals surface area contributed by atoms with Crippen molar-refractivity contribution in [3.8, 4) is 0 Å². The number of hydrogen-bond acceptors (Lipinski definition) is 4. The standard InChI is InChI=1S/C14H15F2N3S/c1-2-12-17-14(20-19-12)18-13(8-3-4-8)10-7-9(15)5-6-11(10)16/h5-8,13H,2-4H2,1H3,(H,17,18,19). The number of nitrogens with one attached hydrogen (secondary N) is 1. The molecule has 0 saturated heterocycles. The number of halogens is 2. The van der Waals surface area contributed by atoms with Crippen LogP contribution in [0.5, 0.6) is 0 Å². The molecule has 1 aromatic carbocycles. The fraction of sp³-hybridized carbons (Fsp3) is 0.429. The van der Waals surface area contributed by atoms with E-state index in [1.807, 2.05) is 6.92 Å². The highest BCUT2D eigenvalue weighted by Gasteiger charge is 2.34. The van der Waals surface area contributed by atoms with Crippen molar-refractivity contribution >= 4 is 16.7 Å². The molecule has 0 amide bonds. The largest absolute Gasteiger partial charge is 0.353 e. The SMILES string of the molecule is CCc1nsc(NC(c2cc(F)ccc2F)C2CC2)n1. The van der Waals surface area contributed by atoms with Gasteiger partial charge in [-0.3, -0.25) is 0 Å². The monoisotopic (exact) mass is 295 g/mol. The van der Waals surface area contributed by atoms with Crippen LogP contribution in [0.2, 0.25) is 0 Å². The molecule has 0 bridgehead atoms. The second-order valence-electron chi connectivity index (χ2n) is 4.99. The average molecular weight is 295 g/mol. The molecule has 1 saturated carbocycles. The molecule has 1 N–H and O–H groups in total. The van der Waals surface area contributed by atoms with E-state index in [4.69, 9.17) is 0 Å². The third-order valence-electron chi connectivity index (χ3n) is 3.45. The smallest absolute Gasteiger partial charge is 0.203 e. The van der Waals surface area contributed by atoms with Crippen LogP contribution in [-0.4, -0.2) is 9.36 Å². The lowest BCUT2D eigenvalue weighted by atomic mass is 10.0. The zero-order chi connectivity index (χ0) is 14.1. The molecular weight excluding hydrogens is 280 g/mol. The van der Waals surface area contributed by atoms with Gasteiger partial charge in [0.05, 0.1) is 6.04 Å². The van der Waals surface area contributed by atoms with Crippen LogP contribution >= 0.6 is 11.5 Å². The quantitative estimate of drug-likeness (QED) is 0.908. The van der Waals surface area contributed by atoms with Crippen molar-refractivity contribution in [2.24, 2.45) is 5.92 Å². The summed E-state index contributed by atoms with van der Waals surface area (Å²) in [5, 5.41) is 3.89. The molecule has 0 spiro atoms. The minimum Gasteiger partial charge on any atom is -0.353 e. The van der Waals surface area contributed by atoms with Crippen molar-refractivity contribution in [3.63, 3.8) is 0 Å². The van der Waals surface area contributed by atoms with Gasteiger partial charge in [0.25, 0.3) is 0 Å². The van der Waals surface area contributed by atoms with E-state index in [1.165, 1.54) is 23.7 Å². The number of hydrogen-bond donors (Lipinski definition) is 1. The third kappa shape index (κ3) is 2.80. The van der Waals surface area contributed by atoms with Crippen molar-refractivity contribution in [2.45, 2.75) is 32.2 Å². The van der Waals surface area contributed by atoms with Gasteiger partial charge in [0, 0.05) is 23.5 Å². The molecule has 1 aromatic heterocycles. The molecule has 1 unspecified atom stereocenters. The van der Waals surface area contributed by atoms with Gasteiger partial charge in [-0.05, 0) is 37.0 Å². The Labute approximate surface area is 120 Å². The number of aryl methyl sites for hydroxylation is 1. The van der Waals surface area contributed by atoms with E-state index in [0.717, 1.165) is 31.2 Å². The highest BCUT2D eigenvalue weighted by atomic mass is 32.1. The van der Waals surface area contributed by atoms with Gasteiger partial charge in [-0.2, -0.15) is 4.37 Å². The van der Waals surface area contributed by atoms with Crippen LogP contribution in [0.3, 0.4) is 0 Å². The summed E-state index contributed by atoms with van der Waals surface area (Å²) < 4.78 is 31.5. The Morgan fingerprint density at radius 1 is 1.40 bits per heavy atom. The Morgan fingerprint density at radius 3 is 2.85 bits per heavy atom. The second-order valence-corrected chi connectivity index (χ2v) is 5.75. The van der Waals surface area contributed by atoms with Gasteiger partial charge >= 0.3 is 0 Å². The maximum Gasteiger partial charge on any atom is 0.203 e. The van der Waals surface area contributed by atoms with Gasteiger partial charge < -0.3 is 5.32 Å². The number of nitrogens with zero attached hydrogens (tertiary/aromatic N) is 2. The summed E-state index contributed by atoms with van der Waals surface area (Å²) in [4.78, 5) is 4.34. The Kier molecular flexibility index (Phi) is 3.65. The number of anilines is 1. The maximum atomic E-state index is 13.9. The fourth-order valence-corrected chi connectivity index (χ4v) is 2.91. The van der Waals surface area contributed by atoms with E-state index < -0.39 is 5.82 Å². The van der Waals surface area contributed by atoms with E-state index in [9.17, 15) is 8.78 Å². The summed E-state index contributed by atoms with van der Waals surface area (Å²) >= 11 is 1.26. The highest BCUT2D eigenvalue weighted by molar-refractivity contribution is 7.09. The summed E-state index contributed by atoms with van der Waals surface area (Å²) in [6.07, 6.45) is 2.81. The fourth-order valence-electron chi connectivity index (χ4n) is 2.22. The number of rotatable bonds is 5. The zero-order valence-corrected chi connectivity index (χ0v) is 11.9. The van der Waals surface area contributed by atoms with Crippen LogP contribution in [0.25, 0.3) is 0 Å². The lowest BCUT2D eigenvalue weighted by Gasteiger charge is -2.18. The molecule has 20 heavy (non-hydrogen) atoms. The average Bonchev–Trinajstić information content (AvgIpc) is 3.18. The summed E-state index contributed by atoms with van der Waals surface area (Å²) in [6, 6.07) is 3.36. The first-order valence-corrected chi connectivity index (χ1v) is 7.48. The van der Waals surface area contributed by atoms with Crippen LogP contribution < -0.4 is 5.32 Å². The zero-order valence-electron chi connectivity index (χ0n) is 11.1. The van der Waals surface area contributed by atoms with Crippen molar-refractivity contribution < 1.29 is 8.78 Å². The molecule has 1 aliphatic carbocycles. The summed E-state index contributed by atoms with van der Waals surface area (Å²) in [6.45, 7) is 1.98. The Balaban J connectivity index is 1.87. The molecule has 3 nitrogen and oxygen atoms in total. The van der Waals surface area contributed by atoms with E-state index in [0.29, 0.717) is 16.6 Å². The predicted octanol–water partition coefficient (Wildman–Crippen LogP) is 3.94. The van der Waals surface area contributed by atoms with Gasteiger partial charge in [-0.1, -0.05) is 6.92 Å². The van der Waals surface area contributed by atoms with E-state index in [-0.39, 0.29) is 11.9 Å². The molecule has 0 radical (unpaired) electrons. The van der Waals surface area contributed by atoms with Gasteiger partial charge in [-0.25, -0.2) is 13.8 Å². The van der Waals surface area contributed by atoms with Crippen LogP contribution in [0.1, 0.15) is 37.2 Å². The first kappa shape index (κ1) is 13.4. The minimum atomic E-state index is -0.416. The normalized spacial score (nSPS) is 16.1. The van der Waals surface area contributed by atoms with Crippen molar-refractivity contribution in [2.75, 3.05) is 5.32 Å². The van der Waals surface area contributed by atoms with Crippen LogP contribution in [-0.2, 0) is 6.42 Å². The predicted molar refractivity (Wildman–Crippen MR) is 74.7 cm³/mol.